The van der Waals surface area contributed by atoms with Crippen molar-refractivity contribution >= 4 is 22.5 Å². The zero-order valence-electron chi connectivity index (χ0n) is 16.6. The number of nitrogens with zero attached hydrogens (tertiary/aromatic N) is 5. The second-order valence-electron chi connectivity index (χ2n) is 8.05. The molecule has 154 valence electrons. The number of nitro benzene ring substituents is 1. The van der Waals surface area contributed by atoms with Gasteiger partial charge in [-0.1, -0.05) is 24.3 Å². The van der Waals surface area contributed by atoms with Gasteiger partial charge in [0.2, 0.25) is 5.91 Å². The van der Waals surface area contributed by atoms with Crippen molar-refractivity contribution in [2.45, 2.75) is 38.5 Å². The lowest BCUT2D eigenvalue weighted by atomic mass is 9.93. The van der Waals surface area contributed by atoms with Gasteiger partial charge < -0.3 is 4.90 Å². The fourth-order valence-electron chi connectivity index (χ4n) is 4.57. The highest BCUT2D eigenvalue weighted by Crippen LogP contribution is 2.27. The van der Waals surface area contributed by atoms with Gasteiger partial charge in [-0.3, -0.25) is 24.5 Å². The van der Waals surface area contributed by atoms with Crippen molar-refractivity contribution in [2.24, 2.45) is 0 Å². The largest absolute Gasteiger partial charge is 0.341 e. The average Bonchev–Trinajstić information content (AvgIpc) is 3.43. The van der Waals surface area contributed by atoms with Gasteiger partial charge in [-0.25, -0.2) is 0 Å². The van der Waals surface area contributed by atoms with Crippen LogP contribution in [-0.4, -0.2) is 49.5 Å². The molecule has 0 N–H and O–H groups in total. The lowest BCUT2D eigenvalue weighted by molar-refractivity contribution is -0.384. The van der Waals surface area contributed by atoms with E-state index in [1.165, 1.54) is 17.2 Å². The molecule has 2 aliphatic rings. The lowest BCUT2D eigenvalue weighted by Gasteiger charge is -2.37. The van der Waals surface area contributed by atoms with Gasteiger partial charge in [0, 0.05) is 37.2 Å². The Morgan fingerprint density at radius 2 is 1.90 bits per heavy atom. The zero-order valence-corrected chi connectivity index (χ0v) is 16.6. The van der Waals surface area contributed by atoms with Crippen molar-refractivity contribution in [3.05, 3.63) is 69.9 Å². The van der Waals surface area contributed by atoms with Crippen molar-refractivity contribution in [3.63, 3.8) is 0 Å². The minimum Gasteiger partial charge on any atom is -0.341 e. The molecule has 3 heterocycles. The van der Waals surface area contributed by atoms with Crippen molar-refractivity contribution in [2.75, 3.05) is 13.1 Å². The number of likely N-dealkylation sites (tertiary alicyclic amines) is 1. The first kappa shape index (κ1) is 18.7. The van der Waals surface area contributed by atoms with E-state index >= 15 is 0 Å². The average molecular weight is 405 g/mol. The quantitative estimate of drug-likeness (QED) is 0.492. The smallest absolute Gasteiger partial charge is 0.271 e. The molecule has 8 nitrogen and oxygen atoms in total. The molecule has 1 saturated heterocycles. The van der Waals surface area contributed by atoms with E-state index in [1.54, 1.807) is 23.0 Å². The molecule has 0 radical (unpaired) electrons. The predicted molar refractivity (Wildman–Crippen MR) is 112 cm³/mol. The van der Waals surface area contributed by atoms with E-state index in [9.17, 15) is 14.9 Å². The molecule has 2 aromatic carbocycles. The summed E-state index contributed by atoms with van der Waals surface area (Å²) in [6.45, 7) is 2.70. The molecule has 0 bridgehead atoms. The third-order valence-electron chi connectivity index (χ3n) is 6.20. The number of nitro groups is 1. The lowest BCUT2D eigenvalue weighted by Crippen LogP contribution is -2.51. The minimum absolute atomic E-state index is 0.0398. The van der Waals surface area contributed by atoms with Crippen LogP contribution in [0.15, 0.2) is 48.7 Å². The number of aromatic nitrogens is 2. The number of hydrogen-bond acceptors (Lipinski definition) is 5. The van der Waals surface area contributed by atoms with Crippen LogP contribution in [0.25, 0.3) is 10.9 Å². The van der Waals surface area contributed by atoms with Crippen LogP contribution >= 0.6 is 0 Å². The molecule has 1 fully saturated rings. The summed E-state index contributed by atoms with van der Waals surface area (Å²) in [5.41, 5.74) is 3.17. The number of carbonyl (C=O) groups excluding carboxylic acids is 1. The van der Waals surface area contributed by atoms with Crippen molar-refractivity contribution < 1.29 is 9.72 Å². The summed E-state index contributed by atoms with van der Waals surface area (Å²) in [4.78, 5) is 28.3. The summed E-state index contributed by atoms with van der Waals surface area (Å²) in [5.74, 6) is 0.171. The Hall–Kier alpha value is -3.26. The maximum atomic E-state index is 13.3. The van der Waals surface area contributed by atoms with Gasteiger partial charge in [-0.05, 0) is 36.5 Å². The summed E-state index contributed by atoms with van der Waals surface area (Å²) in [5, 5.41) is 16.5. The predicted octanol–water partition coefficient (Wildman–Crippen LogP) is 2.95. The Balaban J connectivity index is 1.49. The van der Waals surface area contributed by atoms with Crippen LogP contribution in [0, 0.1) is 10.1 Å². The van der Waals surface area contributed by atoms with E-state index in [1.807, 2.05) is 17.0 Å². The highest BCUT2D eigenvalue weighted by Gasteiger charge is 2.35. The van der Waals surface area contributed by atoms with Gasteiger partial charge in [-0.2, -0.15) is 5.10 Å². The highest BCUT2D eigenvalue weighted by atomic mass is 16.6. The number of carbonyl (C=O) groups is 1. The first-order valence-corrected chi connectivity index (χ1v) is 10.3. The number of amides is 1. The second-order valence-corrected chi connectivity index (χ2v) is 8.05. The highest BCUT2D eigenvalue weighted by molar-refractivity contribution is 5.83. The van der Waals surface area contributed by atoms with Crippen molar-refractivity contribution in [1.82, 2.24) is 19.6 Å². The number of non-ortho nitro benzene ring substituents is 1. The Morgan fingerprint density at radius 1 is 1.13 bits per heavy atom. The second kappa shape index (κ2) is 7.53. The maximum Gasteiger partial charge on any atom is 0.271 e. The van der Waals surface area contributed by atoms with E-state index in [0.29, 0.717) is 25.2 Å². The third kappa shape index (κ3) is 3.33. The van der Waals surface area contributed by atoms with Gasteiger partial charge in [-0.15, -0.1) is 0 Å². The van der Waals surface area contributed by atoms with Crippen molar-refractivity contribution in [1.29, 1.82) is 0 Å². The van der Waals surface area contributed by atoms with E-state index < -0.39 is 4.92 Å². The van der Waals surface area contributed by atoms with E-state index in [0.717, 1.165) is 31.3 Å². The standard InChI is InChI=1S/C22H23N5O3/c28-22(24-9-3-4-10-24)21-11-16-5-1-2-6-18(16)14-25(21)15-26-20-12-19(27(29)30)8-7-17(20)13-23-26/h1-2,5-8,12-13,21H,3-4,9-11,14-15H2. The number of rotatable bonds is 4. The molecule has 2 aliphatic heterocycles. The molecule has 0 aliphatic carbocycles. The molecule has 1 unspecified atom stereocenters. The molecule has 3 aromatic rings. The molecule has 1 atom stereocenters. The van der Waals surface area contributed by atoms with Crippen LogP contribution in [0.1, 0.15) is 24.0 Å². The molecule has 8 heteroatoms. The normalized spacial score (nSPS) is 19.2. The summed E-state index contributed by atoms with van der Waals surface area (Å²) in [7, 11) is 0. The summed E-state index contributed by atoms with van der Waals surface area (Å²) >= 11 is 0. The van der Waals surface area contributed by atoms with Gasteiger partial charge in [0.05, 0.1) is 29.3 Å². The molecular weight excluding hydrogens is 382 g/mol. The third-order valence-corrected chi connectivity index (χ3v) is 6.20. The van der Waals surface area contributed by atoms with Crippen LogP contribution in [0.4, 0.5) is 5.69 Å². The Morgan fingerprint density at radius 3 is 2.67 bits per heavy atom. The van der Waals surface area contributed by atoms with E-state index in [4.69, 9.17) is 0 Å². The van der Waals surface area contributed by atoms with Crippen LogP contribution in [0.2, 0.25) is 0 Å². The SMILES string of the molecule is O=C(C1Cc2ccccc2CN1Cn1ncc2ccc([N+](=O)[O-])cc21)N1CCCC1. The first-order valence-electron chi connectivity index (χ1n) is 10.3. The number of benzene rings is 2. The minimum atomic E-state index is -0.395. The number of fused-ring (bicyclic) bond motifs is 2. The molecule has 30 heavy (non-hydrogen) atoms. The van der Waals surface area contributed by atoms with Gasteiger partial charge in [0.1, 0.15) is 0 Å². The van der Waals surface area contributed by atoms with Crippen molar-refractivity contribution in [3.8, 4) is 0 Å². The van der Waals surface area contributed by atoms with Crippen LogP contribution in [0.3, 0.4) is 0 Å². The zero-order chi connectivity index (χ0) is 20.7. The topological polar surface area (TPSA) is 84.5 Å². The fourth-order valence-corrected chi connectivity index (χ4v) is 4.57. The number of hydrogen-bond donors (Lipinski definition) is 0. The summed E-state index contributed by atoms with van der Waals surface area (Å²) in [6, 6.07) is 12.8. The van der Waals surface area contributed by atoms with E-state index in [2.05, 4.69) is 22.1 Å². The van der Waals surface area contributed by atoms with E-state index in [-0.39, 0.29) is 17.6 Å². The van der Waals surface area contributed by atoms with Crippen LogP contribution in [-0.2, 0) is 24.4 Å². The van der Waals surface area contributed by atoms with Gasteiger partial charge in [0.25, 0.3) is 5.69 Å². The Labute approximate surface area is 173 Å². The molecule has 1 aromatic heterocycles. The Bertz CT molecular complexity index is 1120. The molecule has 0 saturated carbocycles. The van der Waals surface area contributed by atoms with Crippen LogP contribution in [0.5, 0.6) is 0 Å². The molecule has 1 amide bonds. The van der Waals surface area contributed by atoms with Gasteiger partial charge in [0.15, 0.2) is 0 Å². The molecular formula is C22H23N5O3. The molecule has 5 rings (SSSR count). The van der Waals surface area contributed by atoms with Crippen LogP contribution < -0.4 is 0 Å². The monoisotopic (exact) mass is 405 g/mol. The van der Waals surface area contributed by atoms with Gasteiger partial charge >= 0.3 is 0 Å². The maximum absolute atomic E-state index is 13.3. The first-order chi connectivity index (χ1) is 14.6. The molecule has 0 spiro atoms. The summed E-state index contributed by atoms with van der Waals surface area (Å²) < 4.78 is 1.76. The summed E-state index contributed by atoms with van der Waals surface area (Å²) in [6.07, 6.45) is 4.50. The fraction of sp³-hybridized carbons (Fsp3) is 0.364. The Kier molecular flexibility index (Phi) is 4.71.